The van der Waals surface area contributed by atoms with E-state index in [-0.39, 0.29) is 39.9 Å². The molecule has 1 aromatic rings. The van der Waals surface area contributed by atoms with Gasteiger partial charge in [0.05, 0.1) is 4.90 Å². The molecule has 5 heteroatoms. The summed E-state index contributed by atoms with van der Waals surface area (Å²) in [5.74, 6) is 0. The van der Waals surface area contributed by atoms with Gasteiger partial charge in [0.1, 0.15) is 10.1 Å². The summed E-state index contributed by atoms with van der Waals surface area (Å²) >= 11 is 0. The minimum Gasteiger partial charge on any atom is -0.744 e. The molecule has 0 saturated heterocycles. The first-order chi connectivity index (χ1) is 6.21. The van der Waals surface area contributed by atoms with E-state index in [0.717, 1.165) is 5.56 Å². The second kappa shape index (κ2) is 4.97. The third-order valence-corrected chi connectivity index (χ3v) is 2.82. The summed E-state index contributed by atoms with van der Waals surface area (Å²) in [4.78, 5) is -0.162. The van der Waals surface area contributed by atoms with E-state index in [1.54, 1.807) is 6.07 Å². The van der Waals surface area contributed by atoms with E-state index >= 15 is 0 Å². The molecule has 0 aliphatic rings. The summed E-state index contributed by atoms with van der Waals surface area (Å²) in [6, 6.07) is 6.15. The fourth-order valence-corrected chi connectivity index (χ4v) is 1.63. The molecule has 0 saturated carbocycles. The van der Waals surface area contributed by atoms with E-state index in [4.69, 9.17) is 0 Å². The Morgan fingerprint density at radius 1 is 1.20 bits per heavy atom. The first kappa shape index (κ1) is 15.1. The molecule has 0 unspecified atom stereocenters. The zero-order valence-corrected chi connectivity index (χ0v) is 12.3. The van der Waals surface area contributed by atoms with E-state index < -0.39 is 10.1 Å². The van der Waals surface area contributed by atoms with Gasteiger partial charge in [-0.15, -0.1) is 0 Å². The Balaban J connectivity index is 0.00000196. The number of hydrogen-bond donors (Lipinski definition) is 0. The molecule has 1 rings (SSSR count). The fraction of sp³-hybridized carbons (Fsp3) is 0.400. The minimum atomic E-state index is -4.34. The predicted octanol–water partition coefficient (Wildman–Crippen LogP) is -1.11. The standard InChI is InChI=1S/C10H14O3S.Na/c1-10(2,3)8-5-4-6-9(7-8)14(11,12)13;/h4-7H,1-3H3,(H,11,12,13);/q;+1/p-1. The van der Waals surface area contributed by atoms with Crippen LogP contribution in [-0.2, 0) is 15.5 Å². The van der Waals surface area contributed by atoms with Crippen LogP contribution in [-0.4, -0.2) is 13.0 Å². The van der Waals surface area contributed by atoms with Gasteiger partial charge in [-0.05, 0) is 23.1 Å². The van der Waals surface area contributed by atoms with Crippen LogP contribution in [0, 0.1) is 0 Å². The van der Waals surface area contributed by atoms with Gasteiger partial charge in [-0.25, -0.2) is 8.42 Å². The summed E-state index contributed by atoms with van der Waals surface area (Å²) in [5.41, 5.74) is 0.690. The molecule has 0 atom stereocenters. The van der Waals surface area contributed by atoms with E-state index in [1.165, 1.54) is 12.1 Å². The van der Waals surface area contributed by atoms with Gasteiger partial charge in [0.25, 0.3) is 0 Å². The molecule has 0 radical (unpaired) electrons. The summed E-state index contributed by atoms with van der Waals surface area (Å²) in [6.45, 7) is 5.89. The molecule has 0 aliphatic carbocycles. The zero-order valence-electron chi connectivity index (χ0n) is 9.44. The van der Waals surface area contributed by atoms with Crippen molar-refractivity contribution in [2.24, 2.45) is 0 Å². The Kier molecular flexibility index (Phi) is 5.02. The van der Waals surface area contributed by atoms with Crippen LogP contribution in [0.5, 0.6) is 0 Å². The predicted molar refractivity (Wildman–Crippen MR) is 53.1 cm³/mol. The van der Waals surface area contributed by atoms with Crippen LogP contribution < -0.4 is 29.6 Å². The summed E-state index contributed by atoms with van der Waals surface area (Å²) in [7, 11) is -4.34. The van der Waals surface area contributed by atoms with Crippen LogP contribution in [0.15, 0.2) is 29.2 Å². The molecule has 0 bridgehead atoms. The van der Waals surface area contributed by atoms with Crippen molar-refractivity contribution >= 4 is 10.1 Å². The molecule has 15 heavy (non-hydrogen) atoms. The maximum Gasteiger partial charge on any atom is 1.00 e. The fourth-order valence-electron chi connectivity index (χ4n) is 1.12. The second-order valence-corrected chi connectivity index (χ2v) is 5.61. The maximum atomic E-state index is 10.8. The molecule has 3 nitrogen and oxygen atoms in total. The molecular weight excluding hydrogens is 223 g/mol. The molecule has 0 aliphatic heterocycles. The Bertz CT molecular complexity index is 432. The van der Waals surface area contributed by atoms with Crippen molar-refractivity contribution in [1.29, 1.82) is 0 Å². The number of benzene rings is 1. The summed E-state index contributed by atoms with van der Waals surface area (Å²) < 4.78 is 32.3. The number of hydrogen-bond acceptors (Lipinski definition) is 3. The van der Waals surface area contributed by atoms with Crippen molar-refractivity contribution in [1.82, 2.24) is 0 Å². The molecule has 1 aromatic carbocycles. The molecule has 0 N–H and O–H groups in total. The zero-order chi connectivity index (χ0) is 11.0. The van der Waals surface area contributed by atoms with Gasteiger partial charge >= 0.3 is 29.6 Å². The average Bonchev–Trinajstić information content (AvgIpc) is 2.01. The van der Waals surface area contributed by atoms with E-state index in [9.17, 15) is 13.0 Å². The largest absolute Gasteiger partial charge is 1.00 e. The van der Waals surface area contributed by atoms with Gasteiger partial charge in [0.2, 0.25) is 0 Å². The second-order valence-electron chi connectivity index (χ2n) is 4.23. The minimum absolute atomic E-state index is 0. The first-order valence-electron chi connectivity index (χ1n) is 4.28. The van der Waals surface area contributed by atoms with E-state index in [1.807, 2.05) is 26.8 Å². The smallest absolute Gasteiger partial charge is 0.744 e. The normalized spacial score (nSPS) is 12.0. The van der Waals surface area contributed by atoms with Gasteiger partial charge in [-0.3, -0.25) is 0 Å². The topological polar surface area (TPSA) is 57.2 Å². The van der Waals surface area contributed by atoms with E-state index in [2.05, 4.69) is 0 Å². The van der Waals surface area contributed by atoms with Crippen LogP contribution in [0.1, 0.15) is 26.3 Å². The van der Waals surface area contributed by atoms with Crippen LogP contribution in [0.3, 0.4) is 0 Å². The number of rotatable bonds is 1. The van der Waals surface area contributed by atoms with Crippen LogP contribution in [0.25, 0.3) is 0 Å². The van der Waals surface area contributed by atoms with Crippen LogP contribution >= 0.6 is 0 Å². The monoisotopic (exact) mass is 236 g/mol. The Labute approximate surface area is 113 Å². The molecule has 0 fully saturated rings. The molecule has 78 valence electrons. The van der Waals surface area contributed by atoms with Crippen molar-refractivity contribution in [3.05, 3.63) is 29.8 Å². The first-order valence-corrected chi connectivity index (χ1v) is 5.68. The SMILES string of the molecule is CC(C)(C)c1cccc(S(=O)(=O)[O-])c1.[Na+]. The molecule has 0 aromatic heterocycles. The maximum absolute atomic E-state index is 10.8. The Morgan fingerprint density at radius 2 is 1.73 bits per heavy atom. The summed E-state index contributed by atoms with van der Waals surface area (Å²) in [6.07, 6.45) is 0. The molecule has 0 heterocycles. The van der Waals surface area contributed by atoms with Gasteiger partial charge in [-0.2, -0.15) is 0 Å². The Morgan fingerprint density at radius 3 is 2.13 bits per heavy atom. The van der Waals surface area contributed by atoms with Crippen molar-refractivity contribution in [2.75, 3.05) is 0 Å². The molecule has 0 amide bonds. The quantitative estimate of drug-likeness (QED) is 0.459. The molecular formula is C10H13NaO3S. The van der Waals surface area contributed by atoms with Crippen molar-refractivity contribution in [3.63, 3.8) is 0 Å². The van der Waals surface area contributed by atoms with Crippen molar-refractivity contribution in [3.8, 4) is 0 Å². The van der Waals surface area contributed by atoms with Crippen molar-refractivity contribution < 1.29 is 42.5 Å². The molecule has 0 spiro atoms. The summed E-state index contributed by atoms with van der Waals surface area (Å²) in [5, 5.41) is 0. The average molecular weight is 236 g/mol. The van der Waals surface area contributed by atoms with Gasteiger partial charge in [-0.1, -0.05) is 32.9 Å². The third kappa shape index (κ3) is 4.25. The van der Waals surface area contributed by atoms with E-state index in [0.29, 0.717) is 0 Å². The Hall–Kier alpha value is 0.130. The van der Waals surface area contributed by atoms with Crippen LogP contribution in [0.4, 0.5) is 0 Å². The van der Waals surface area contributed by atoms with Crippen LogP contribution in [0.2, 0.25) is 0 Å². The third-order valence-electron chi connectivity index (χ3n) is 1.99. The van der Waals surface area contributed by atoms with Gasteiger partial charge in [0, 0.05) is 0 Å². The van der Waals surface area contributed by atoms with Gasteiger partial charge in [0.15, 0.2) is 0 Å². The van der Waals surface area contributed by atoms with Gasteiger partial charge < -0.3 is 4.55 Å². The van der Waals surface area contributed by atoms with Crippen molar-refractivity contribution in [2.45, 2.75) is 31.1 Å².